The molecule has 0 spiro atoms. The molecular weight excluding hydrogens is 336 g/mol. The Labute approximate surface area is 154 Å². The molecule has 5 heteroatoms. The number of nitrogens with one attached hydrogen (secondary N) is 2. The van der Waals surface area contributed by atoms with Gasteiger partial charge in [-0.25, -0.2) is 0 Å². The van der Waals surface area contributed by atoms with E-state index in [9.17, 15) is 9.59 Å². The Bertz CT molecular complexity index is 680. The van der Waals surface area contributed by atoms with Gasteiger partial charge in [0, 0.05) is 18.1 Å². The van der Waals surface area contributed by atoms with Crippen LogP contribution >= 0.6 is 11.6 Å². The van der Waals surface area contributed by atoms with Crippen LogP contribution in [0.2, 0.25) is 5.02 Å². The van der Waals surface area contributed by atoms with Gasteiger partial charge in [0.05, 0.1) is 0 Å². The van der Waals surface area contributed by atoms with Crippen molar-refractivity contribution in [3.8, 4) is 0 Å². The maximum absolute atomic E-state index is 12.5. The van der Waals surface area contributed by atoms with E-state index in [1.165, 1.54) is 18.4 Å². The van der Waals surface area contributed by atoms with E-state index in [1.807, 2.05) is 18.2 Å². The van der Waals surface area contributed by atoms with Crippen molar-refractivity contribution in [2.24, 2.45) is 5.41 Å². The van der Waals surface area contributed by atoms with Gasteiger partial charge in [-0.3, -0.25) is 9.59 Å². The van der Waals surface area contributed by atoms with E-state index >= 15 is 0 Å². The van der Waals surface area contributed by atoms with Gasteiger partial charge in [0.25, 0.3) is 0 Å². The van der Waals surface area contributed by atoms with Crippen molar-refractivity contribution in [2.45, 2.75) is 51.5 Å². The first-order chi connectivity index (χ1) is 12.1. The van der Waals surface area contributed by atoms with Crippen LogP contribution in [0.3, 0.4) is 0 Å². The third-order valence-electron chi connectivity index (χ3n) is 5.13. The summed E-state index contributed by atoms with van der Waals surface area (Å²) in [5, 5.41) is 6.45. The molecule has 0 unspecified atom stereocenters. The largest absolute Gasteiger partial charge is 0.355 e. The second kappa shape index (κ2) is 8.05. The fourth-order valence-corrected chi connectivity index (χ4v) is 3.51. The van der Waals surface area contributed by atoms with Crippen molar-refractivity contribution in [1.82, 2.24) is 10.6 Å². The summed E-state index contributed by atoms with van der Waals surface area (Å²) >= 11 is 6.11. The Balaban J connectivity index is 1.47. The van der Waals surface area contributed by atoms with Crippen molar-refractivity contribution < 1.29 is 9.59 Å². The highest BCUT2D eigenvalue weighted by Gasteiger charge is 2.56. The summed E-state index contributed by atoms with van der Waals surface area (Å²) in [7, 11) is 0. The Hall–Kier alpha value is -1.81. The molecule has 2 aliphatic carbocycles. The Morgan fingerprint density at radius 3 is 2.52 bits per heavy atom. The zero-order valence-electron chi connectivity index (χ0n) is 14.4. The van der Waals surface area contributed by atoms with Crippen molar-refractivity contribution >= 4 is 23.4 Å². The van der Waals surface area contributed by atoms with Crippen LogP contribution in [0.1, 0.15) is 50.5 Å². The number of carbonyl (C=O) groups is 2. The summed E-state index contributed by atoms with van der Waals surface area (Å²) in [5.41, 5.74) is 1.42. The number of allylic oxidation sites excluding steroid dienone is 1. The van der Waals surface area contributed by atoms with Gasteiger partial charge < -0.3 is 10.6 Å². The number of rotatable bonds is 7. The van der Waals surface area contributed by atoms with Gasteiger partial charge in [-0.1, -0.05) is 41.4 Å². The van der Waals surface area contributed by atoms with Gasteiger partial charge in [-0.2, -0.15) is 0 Å². The monoisotopic (exact) mass is 360 g/mol. The van der Waals surface area contributed by atoms with Crippen molar-refractivity contribution in [1.29, 1.82) is 0 Å². The number of amides is 2. The molecule has 0 saturated heterocycles. The minimum atomic E-state index is -0.873. The van der Waals surface area contributed by atoms with Crippen LogP contribution in [0.4, 0.5) is 0 Å². The van der Waals surface area contributed by atoms with E-state index in [2.05, 4.69) is 16.7 Å². The maximum Gasteiger partial charge on any atom is 0.235 e. The number of carbonyl (C=O) groups excluding carboxylic acids is 2. The highest BCUT2D eigenvalue weighted by Crippen LogP contribution is 2.46. The summed E-state index contributed by atoms with van der Waals surface area (Å²) in [4.78, 5) is 25.0. The molecule has 1 aromatic carbocycles. The van der Waals surface area contributed by atoms with E-state index in [4.69, 9.17) is 11.6 Å². The Kier molecular flexibility index (Phi) is 5.79. The minimum absolute atomic E-state index is 0.138. The lowest BCUT2D eigenvalue weighted by atomic mass is 9.97. The predicted molar refractivity (Wildman–Crippen MR) is 99.1 cm³/mol. The first-order valence-electron chi connectivity index (χ1n) is 9.10. The first-order valence-corrected chi connectivity index (χ1v) is 9.47. The Morgan fingerprint density at radius 2 is 1.84 bits per heavy atom. The van der Waals surface area contributed by atoms with Crippen molar-refractivity contribution in [3.05, 3.63) is 46.5 Å². The molecule has 2 N–H and O–H groups in total. The van der Waals surface area contributed by atoms with Gasteiger partial charge in [0.1, 0.15) is 5.41 Å². The summed E-state index contributed by atoms with van der Waals surface area (Å²) in [6.45, 7) is 0.963. The molecular formula is C20H25ClN2O2. The van der Waals surface area contributed by atoms with Crippen LogP contribution in [0.25, 0.3) is 0 Å². The fraction of sp³-hybridized carbons (Fsp3) is 0.500. The van der Waals surface area contributed by atoms with Crippen LogP contribution < -0.4 is 10.6 Å². The zero-order valence-corrected chi connectivity index (χ0v) is 15.2. The van der Waals surface area contributed by atoms with Crippen LogP contribution in [0.5, 0.6) is 0 Å². The molecule has 3 rings (SSSR count). The van der Waals surface area contributed by atoms with Crippen LogP contribution in [0, 0.1) is 5.41 Å². The standard InChI is InChI=1S/C20H25ClN2O2/c21-17-9-5-4-8-16(17)14-23-19(25)20(11-12-20)18(24)22-13-10-15-6-2-1-3-7-15/h4-6,8-9H,1-3,7,10-14H2,(H,22,24)(H,23,25). The zero-order chi connectivity index (χ0) is 17.7. The molecule has 0 radical (unpaired) electrons. The maximum atomic E-state index is 12.5. The van der Waals surface area contributed by atoms with E-state index in [0.717, 1.165) is 24.8 Å². The second-order valence-electron chi connectivity index (χ2n) is 6.97. The molecule has 1 saturated carbocycles. The molecule has 0 bridgehead atoms. The second-order valence-corrected chi connectivity index (χ2v) is 7.38. The average Bonchev–Trinajstić information content (AvgIpc) is 3.44. The molecule has 0 aliphatic heterocycles. The van der Waals surface area contributed by atoms with Crippen molar-refractivity contribution in [3.63, 3.8) is 0 Å². The van der Waals surface area contributed by atoms with E-state index in [-0.39, 0.29) is 11.8 Å². The quantitative estimate of drug-likeness (QED) is 0.574. The average molecular weight is 361 g/mol. The van der Waals surface area contributed by atoms with Gasteiger partial charge in [0.15, 0.2) is 0 Å². The fourth-order valence-electron chi connectivity index (χ4n) is 3.31. The van der Waals surface area contributed by atoms with Crippen LogP contribution in [-0.2, 0) is 16.1 Å². The lowest BCUT2D eigenvalue weighted by Gasteiger charge is -2.17. The van der Waals surface area contributed by atoms with Crippen LogP contribution in [-0.4, -0.2) is 18.4 Å². The predicted octanol–water partition coefficient (Wildman–Crippen LogP) is 3.74. The molecule has 1 aromatic rings. The molecule has 2 amide bonds. The molecule has 0 atom stereocenters. The lowest BCUT2D eigenvalue weighted by molar-refractivity contribution is -0.137. The molecule has 1 fully saturated rings. The molecule has 134 valence electrons. The smallest absolute Gasteiger partial charge is 0.235 e. The molecule has 0 aromatic heterocycles. The Morgan fingerprint density at radius 1 is 1.08 bits per heavy atom. The van der Waals surface area contributed by atoms with Gasteiger partial charge >= 0.3 is 0 Å². The minimum Gasteiger partial charge on any atom is -0.355 e. The number of hydrogen-bond acceptors (Lipinski definition) is 2. The SMILES string of the molecule is O=C(NCCC1=CCCCC1)C1(C(=O)NCc2ccccc2Cl)CC1. The number of hydrogen-bond donors (Lipinski definition) is 2. The summed E-state index contributed by atoms with van der Waals surface area (Å²) < 4.78 is 0. The molecule has 4 nitrogen and oxygen atoms in total. The van der Waals surface area contributed by atoms with Crippen LogP contribution in [0.15, 0.2) is 35.9 Å². The van der Waals surface area contributed by atoms with Crippen molar-refractivity contribution in [2.75, 3.05) is 6.54 Å². The first kappa shape index (κ1) is 18.0. The topological polar surface area (TPSA) is 58.2 Å². The van der Waals surface area contributed by atoms with E-state index in [1.54, 1.807) is 6.07 Å². The highest BCUT2D eigenvalue weighted by molar-refractivity contribution is 6.31. The van der Waals surface area contributed by atoms with Gasteiger partial charge in [0.2, 0.25) is 11.8 Å². The summed E-state index contributed by atoms with van der Waals surface area (Å²) in [6.07, 6.45) is 9.23. The molecule has 0 heterocycles. The normalized spacial score (nSPS) is 18.2. The lowest BCUT2D eigenvalue weighted by Crippen LogP contribution is -2.43. The number of halogens is 1. The molecule has 2 aliphatic rings. The summed E-state index contributed by atoms with van der Waals surface area (Å²) in [5.74, 6) is -0.331. The van der Waals surface area contributed by atoms with Gasteiger partial charge in [-0.05, 0) is 56.6 Å². The van der Waals surface area contributed by atoms with E-state index in [0.29, 0.717) is 31.0 Å². The third-order valence-corrected chi connectivity index (χ3v) is 5.50. The van der Waals surface area contributed by atoms with E-state index < -0.39 is 5.41 Å². The molecule has 25 heavy (non-hydrogen) atoms. The third kappa shape index (κ3) is 4.43. The number of benzene rings is 1. The highest BCUT2D eigenvalue weighted by atomic mass is 35.5. The summed E-state index contributed by atoms with van der Waals surface area (Å²) in [6, 6.07) is 7.40. The van der Waals surface area contributed by atoms with Gasteiger partial charge in [-0.15, -0.1) is 0 Å².